The summed E-state index contributed by atoms with van der Waals surface area (Å²) in [5.74, 6) is -2.96. The van der Waals surface area contributed by atoms with E-state index in [0.717, 1.165) is 6.42 Å². The Kier molecular flexibility index (Phi) is 1.65. The number of hydrogen-bond acceptors (Lipinski definition) is 3. The maximum absolute atomic E-state index is 11.0. The van der Waals surface area contributed by atoms with Crippen LogP contribution in [0.25, 0.3) is 0 Å². The smallest absolute Gasteiger partial charge is 0.221 e. The van der Waals surface area contributed by atoms with E-state index in [1.54, 1.807) is 0 Å². The molecule has 0 unspecified atom stereocenters. The van der Waals surface area contributed by atoms with Gasteiger partial charge in [0, 0.05) is 11.9 Å². The Balaban J connectivity index is 2.30. The fourth-order valence-corrected chi connectivity index (χ4v) is 2.53. The van der Waals surface area contributed by atoms with Crippen LogP contribution < -0.4 is 10.8 Å². The third-order valence-corrected chi connectivity index (χ3v) is 3.06. The van der Waals surface area contributed by atoms with Gasteiger partial charge in [-0.1, -0.05) is 12.2 Å². The molecule has 0 heterocycles. The summed E-state index contributed by atoms with van der Waals surface area (Å²) in [6.07, 6.45) is 4.47. The summed E-state index contributed by atoms with van der Waals surface area (Å²) in [4.78, 5) is 21.8. The predicted molar refractivity (Wildman–Crippen MR) is 41.9 cm³/mol. The monoisotopic (exact) mass is 180 g/mol. The van der Waals surface area contributed by atoms with Crippen LogP contribution in [0.1, 0.15) is 6.42 Å². The molecule has 2 aliphatic rings. The highest BCUT2D eigenvalue weighted by atomic mass is 16.4. The molecule has 0 aromatic heterocycles. The maximum Gasteiger partial charge on any atom is 0.221 e. The Morgan fingerprint density at radius 1 is 1.23 bits per heavy atom. The first-order chi connectivity index (χ1) is 6.11. The average molecular weight is 180 g/mol. The first-order valence-corrected chi connectivity index (χ1v) is 4.29. The summed E-state index contributed by atoms with van der Waals surface area (Å²) in [6.45, 7) is 0. The van der Waals surface area contributed by atoms with Crippen LogP contribution in [0.5, 0.6) is 0 Å². The van der Waals surface area contributed by atoms with Crippen LogP contribution in [-0.2, 0) is 9.59 Å². The lowest BCUT2D eigenvalue weighted by atomic mass is 9.83. The van der Waals surface area contributed by atoms with Crippen LogP contribution in [0, 0.1) is 23.7 Å². The Hall–Kier alpha value is -1.32. The Morgan fingerprint density at radius 2 is 1.77 bits per heavy atom. The number of fused-ring (bicyclic) bond motifs is 2. The van der Waals surface area contributed by atoms with Crippen LogP contribution in [0.2, 0.25) is 0 Å². The molecule has 2 bridgehead atoms. The van der Waals surface area contributed by atoms with E-state index in [2.05, 4.69) is 0 Å². The zero-order valence-electron chi connectivity index (χ0n) is 6.97. The van der Waals surface area contributed by atoms with Gasteiger partial charge in [-0.3, -0.25) is 4.79 Å². The van der Waals surface area contributed by atoms with Crippen LogP contribution in [0.15, 0.2) is 12.2 Å². The molecule has 4 atom stereocenters. The average Bonchev–Trinajstić information content (AvgIpc) is 2.60. The maximum atomic E-state index is 11.0. The summed E-state index contributed by atoms with van der Waals surface area (Å²) >= 11 is 0. The van der Waals surface area contributed by atoms with E-state index in [1.807, 2.05) is 12.2 Å². The van der Waals surface area contributed by atoms with E-state index >= 15 is 0 Å². The number of hydrogen-bond donors (Lipinski definition) is 1. The van der Waals surface area contributed by atoms with Gasteiger partial charge in [0.1, 0.15) is 0 Å². The molecule has 0 aromatic carbocycles. The number of carbonyl (C=O) groups is 2. The molecule has 2 rings (SSSR count). The topological polar surface area (TPSA) is 83.2 Å². The van der Waals surface area contributed by atoms with Gasteiger partial charge in [-0.25, -0.2) is 0 Å². The molecule has 2 N–H and O–H groups in total. The van der Waals surface area contributed by atoms with Crippen LogP contribution >= 0.6 is 0 Å². The van der Waals surface area contributed by atoms with Gasteiger partial charge in [0.15, 0.2) is 0 Å². The molecule has 2 aliphatic carbocycles. The van der Waals surface area contributed by atoms with Crippen molar-refractivity contribution in [3.05, 3.63) is 12.2 Å². The highest BCUT2D eigenvalue weighted by Gasteiger charge is 2.47. The highest BCUT2D eigenvalue weighted by molar-refractivity contribution is 5.85. The van der Waals surface area contributed by atoms with Crippen molar-refractivity contribution in [2.24, 2.45) is 29.4 Å². The van der Waals surface area contributed by atoms with Gasteiger partial charge in [-0.05, 0) is 18.3 Å². The standard InChI is InChI=1S/C9H11NO3/c10-8(11)6-4-1-2-5(3-4)7(6)9(12)13/h1-2,4-7H,3H2,(H2,10,11)(H,12,13)/p-1/t4-,5-,6+,7-/m0/s1. The molecule has 4 heteroatoms. The summed E-state index contributed by atoms with van der Waals surface area (Å²) in [5, 5.41) is 10.8. The number of allylic oxidation sites excluding steroid dienone is 2. The van der Waals surface area contributed by atoms with Crippen molar-refractivity contribution < 1.29 is 14.7 Å². The van der Waals surface area contributed by atoms with E-state index in [1.165, 1.54) is 0 Å². The molecule has 0 aliphatic heterocycles. The number of rotatable bonds is 2. The number of carbonyl (C=O) groups excluding carboxylic acids is 2. The molecule has 1 fully saturated rings. The fourth-order valence-electron chi connectivity index (χ4n) is 2.53. The summed E-state index contributed by atoms with van der Waals surface area (Å²) in [6, 6.07) is 0. The van der Waals surface area contributed by atoms with Crippen LogP contribution in [0.3, 0.4) is 0 Å². The minimum absolute atomic E-state index is 0.0189. The minimum Gasteiger partial charge on any atom is -0.550 e. The lowest BCUT2D eigenvalue weighted by Gasteiger charge is -2.25. The summed E-state index contributed by atoms with van der Waals surface area (Å²) in [5.41, 5.74) is 5.15. The second-order valence-electron chi connectivity index (χ2n) is 3.72. The van der Waals surface area contributed by atoms with Crippen molar-refractivity contribution in [1.82, 2.24) is 0 Å². The molecule has 70 valence electrons. The lowest BCUT2D eigenvalue weighted by Crippen LogP contribution is -2.43. The lowest BCUT2D eigenvalue weighted by molar-refractivity contribution is -0.313. The van der Waals surface area contributed by atoms with Crippen molar-refractivity contribution in [2.45, 2.75) is 6.42 Å². The predicted octanol–water partition coefficient (Wildman–Crippen LogP) is -1.34. The summed E-state index contributed by atoms with van der Waals surface area (Å²) in [7, 11) is 0. The van der Waals surface area contributed by atoms with Gasteiger partial charge in [0.25, 0.3) is 0 Å². The number of carboxylic acids is 1. The van der Waals surface area contributed by atoms with E-state index in [9.17, 15) is 14.7 Å². The highest BCUT2D eigenvalue weighted by Crippen LogP contribution is 2.47. The SMILES string of the molecule is NC(=O)[C@H]1[C@@H](C(=O)[O-])[C@H]2C=C[C@H]1C2. The van der Waals surface area contributed by atoms with Crippen LogP contribution in [-0.4, -0.2) is 11.9 Å². The van der Waals surface area contributed by atoms with E-state index < -0.39 is 23.7 Å². The van der Waals surface area contributed by atoms with E-state index in [0.29, 0.717) is 0 Å². The molecule has 0 aromatic rings. The fraction of sp³-hybridized carbons (Fsp3) is 0.556. The first-order valence-electron chi connectivity index (χ1n) is 4.29. The van der Waals surface area contributed by atoms with Crippen molar-refractivity contribution in [3.8, 4) is 0 Å². The van der Waals surface area contributed by atoms with Crippen LogP contribution in [0.4, 0.5) is 0 Å². The van der Waals surface area contributed by atoms with Gasteiger partial charge in [0.2, 0.25) is 5.91 Å². The number of nitrogens with two attached hydrogens (primary N) is 1. The minimum atomic E-state index is -1.15. The Labute approximate surface area is 75.4 Å². The molecule has 4 nitrogen and oxygen atoms in total. The van der Waals surface area contributed by atoms with Crippen molar-refractivity contribution in [3.63, 3.8) is 0 Å². The number of amides is 1. The first kappa shape index (κ1) is 8.29. The molecule has 0 saturated heterocycles. The third-order valence-electron chi connectivity index (χ3n) is 3.06. The molecule has 0 radical (unpaired) electrons. The number of primary amides is 1. The molecule has 13 heavy (non-hydrogen) atoms. The quantitative estimate of drug-likeness (QED) is 0.534. The normalized spacial score (nSPS) is 40.9. The van der Waals surface area contributed by atoms with Gasteiger partial charge in [0.05, 0.1) is 5.92 Å². The summed E-state index contributed by atoms with van der Waals surface area (Å²) < 4.78 is 0. The molecule has 1 amide bonds. The zero-order valence-corrected chi connectivity index (χ0v) is 6.97. The van der Waals surface area contributed by atoms with E-state index in [-0.39, 0.29) is 11.8 Å². The third kappa shape index (κ3) is 1.05. The molecular formula is C9H10NO3-. The second kappa shape index (κ2) is 2.58. The van der Waals surface area contributed by atoms with E-state index in [4.69, 9.17) is 5.73 Å². The molecule has 1 saturated carbocycles. The Bertz CT molecular complexity index is 269. The largest absolute Gasteiger partial charge is 0.550 e. The van der Waals surface area contributed by atoms with Gasteiger partial charge in [-0.2, -0.15) is 0 Å². The van der Waals surface area contributed by atoms with Crippen molar-refractivity contribution in [1.29, 1.82) is 0 Å². The molecular weight excluding hydrogens is 170 g/mol. The van der Waals surface area contributed by atoms with Crippen molar-refractivity contribution >= 4 is 11.9 Å². The number of aliphatic carboxylic acids is 1. The van der Waals surface area contributed by atoms with Gasteiger partial charge >= 0.3 is 0 Å². The van der Waals surface area contributed by atoms with Crippen molar-refractivity contribution in [2.75, 3.05) is 0 Å². The Morgan fingerprint density at radius 3 is 2.15 bits per heavy atom. The van der Waals surface area contributed by atoms with Gasteiger partial charge in [-0.15, -0.1) is 0 Å². The second-order valence-corrected chi connectivity index (χ2v) is 3.72. The molecule has 0 spiro atoms. The van der Waals surface area contributed by atoms with Gasteiger partial charge < -0.3 is 15.6 Å². The zero-order chi connectivity index (χ0) is 9.59. The number of carboxylic acid groups (broad SMARTS) is 1.